The molecular weight excluding hydrogens is 468 g/mol. The molecular formula is C23H15ClN2O4S2. The SMILES string of the molecule is O=C1/C(=C/c2cccc(OCc3ccccc3Cl)c2)SC(=S)N1c1cccc([N+](=O)[O-])c1. The van der Waals surface area contributed by atoms with Crippen LogP contribution in [0.25, 0.3) is 6.08 Å². The van der Waals surface area contributed by atoms with Crippen molar-refractivity contribution in [3.63, 3.8) is 0 Å². The van der Waals surface area contributed by atoms with E-state index in [2.05, 4.69) is 0 Å². The Balaban J connectivity index is 1.53. The Morgan fingerprint density at radius 1 is 1.09 bits per heavy atom. The van der Waals surface area contributed by atoms with Crippen LogP contribution in [-0.2, 0) is 11.4 Å². The number of thioether (sulfide) groups is 1. The Bertz CT molecular complexity index is 1260. The summed E-state index contributed by atoms with van der Waals surface area (Å²) in [6, 6.07) is 20.6. The highest BCUT2D eigenvalue weighted by Gasteiger charge is 2.33. The van der Waals surface area contributed by atoms with E-state index in [9.17, 15) is 14.9 Å². The number of nitro groups is 1. The Hall–Kier alpha value is -3.20. The van der Waals surface area contributed by atoms with E-state index in [1.807, 2.05) is 42.5 Å². The molecule has 0 radical (unpaired) electrons. The fourth-order valence-corrected chi connectivity index (χ4v) is 4.55. The molecule has 0 saturated carbocycles. The van der Waals surface area contributed by atoms with Gasteiger partial charge in [-0.15, -0.1) is 0 Å². The van der Waals surface area contributed by atoms with Crippen LogP contribution in [-0.4, -0.2) is 15.2 Å². The average molecular weight is 483 g/mol. The monoisotopic (exact) mass is 482 g/mol. The number of non-ortho nitro benzene ring substituents is 1. The van der Waals surface area contributed by atoms with E-state index in [0.29, 0.717) is 32.3 Å². The van der Waals surface area contributed by atoms with Crippen molar-refractivity contribution in [2.45, 2.75) is 6.61 Å². The molecule has 3 aromatic carbocycles. The number of ether oxygens (including phenoxy) is 1. The quantitative estimate of drug-likeness (QED) is 0.179. The molecule has 1 aliphatic rings. The molecule has 4 rings (SSSR count). The van der Waals surface area contributed by atoms with E-state index < -0.39 is 4.92 Å². The van der Waals surface area contributed by atoms with Crippen LogP contribution in [0.1, 0.15) is 11.1 Å². The summed E-state index contributed by atoms with van der Waals surface area (Å²) in [5, 5.41) is 11.7. The molecule has 3 aromatic rings. The highest BCUT2D eigenvalue weighted by Crippen LogP contribution is 2.37. The summed E-state index contributed by atoms with van der Waals surface area (Å²) in [6.07, 6.45) is 1.72. The molecule has 1 heterocycles. The molecule has 0 bridgehead atoms. The standard InChI is InChI=1S/C23H15ClN2O4S2/c24-20-10-2-1-6-16(20)14-30-19-9-3-5-15(11-19)12-21-22(27)25(23(31)32-21)17-7-4-8-18(13-17)26(28)29/h1-13H,14H2/b21-12-. The molecule has 0 N–H and O–H groups in total. The number of rotatable bonds is 6. The predicted octanol–water partition coefficient (Wildman–Crippen LogP) is 6.23. The van der Waals surface area contributed by atoms with E-state index in [1.54, 1.807) is 18.2 Å². The molecule has 1 saturated heterocycles. The second kappa shape index (κ2) is 9.52. The third-order valence-corrected chi connectivity index (χ3v) is 6.27. The largest absolute Gasteiger partial charge is 0.489 e. The van der Waals surface area contributed by atoms with Crippen molar-refractivity contribution in [2.24, 2.45) is 0 Å². The number of carbonyl (C=O) groups is 1. The summed E-state index contributed by atoms with van der Waals surface area (Å²) >= 11 is 12.7. The molecule has 0 unspecified atom stereocenters. The molecule has 1 amide bonds. The molecule has 0 spiro atoms. The molecule has 1 aliphatic heterocycles. The second-order valence-electron chi connectivity index (χ2n) is 6.75. The van der Waals surface area contributed by atoms with Crippen molar-refractivity contribution in [3.05, 3.63) is 104 Å². The molecule has 1 fully saturated rings. The first kappa shape index (κ1) is 22.0. The summed E-state index contributed by atoms with van der Waals surface area (Å²) in [7, 11) is 0. The first-order chi connectivity index (χ1) is 15.4. The van der Waals surface area contributed by atoms with Crippen molar-refractivity contribution in [3.8, 4) is 5.75 Å². The molecule has 0 aliphatic carbocycles. The predicted molar refractivity (Wildman–Crippen MR) is 131 cm³/mol. The zero-order valence-corrected chi connectivity index (χ0v) is 18.8. The molecule has 6 nitrogen and oxygen atoms in total. The number of thiocarbonyl (C=S) groups is 1. The maximum atomic E-state index is 13.0. The Morgan fingerprint density at radius 2 is 1.88 bits per heavy atom. The highest BCUT2D eigenvalue weighted by molar-refractivity contribution is 8.27. The number of carbonyl (C=O) groups excluding carboxylic acids is 1. The third kappa shape index (κ3) is 4.83. The maximum absolute atomic E-state index is 13.0. The van der Waals surface area contributed by atoms with Gasteiger partial charge in [-0.05, 0) is 35.9 Å². The summed E-state index contributed by atoms with van der Waals surface area (Å²) in [5.74, 6) is 0.302. The van der Waals surface area contributed by atoms with Gasteiger partial charge in [-0.2, -0.15) is 0 Å². The number of halogens is 1. The minimum absolute atomic E-state index is 0.108. The molecule has 160 valence electrons. The minimum atomic E-state index is -0.509. The molecule has 32 heavy (non-hydrogen) atoms. The van der Waals surface area contributed by atoms with Crippen LogP contribution < -0.4 is 9.64 Å². The Labute approximate surface area is 198 Å². The van der Waals surface area contributed by atoms with Gasteiger partial charge in [0.05, 0.1) is 15.5 Å². The van der Waals surface area contributed by atoms with E-state index >= 15 is 0 Å². The average Bonchev–Trinajstić information content (AvgIpc) is 3.06. The number of benzene rings is 3. The van der Waals surface area contributed by atoms with Gasteiger partial charge in [-0.3, -0.25) is 19.8 Å². The van der Waals surface area contributed by atoms with Crippen molar-refractivity contribution >= 4 is 63.3 Å². The van der Waals surface area contributed by atoms with Crippen molar-refractivity contribution in [1.29, 1.82) is 0 Å². The van der Waals surface area contributed by atoms with Gasteiger partial charge in [0.15, 0.2) is 4.32 Å². The highest BCUT2D eigenvalue weighted by atomic mass is 35.5. The zero-order chi connectivity index (χ0) is 22.7. The number of nitrogens with zero attached hydrogens (tertiary/aromatic N) is 2. The van der Waals surface area contributed by atoms with Gasteiger partial charge in [0, 0.05) is 22.7 Å². The van der Waals surface area contributed by atoms with E-state index in [4.69, 9.17) is 28.6 Å². The smallest absolute Gasteiger partial charge is 0.271 e. The van der Waals surface area contributed by atoms with Gasteiger partial charge >= 0.3 is 0 Å². The van der Waals surface area contributed by atoms with E-state index in [-0.39, 0.29) is 11.6 Å². The van der Waals surface area contributed by atoms with Gasteiger partial charge < -0.3 is 4.74 Å². The first-order valence-corrected chi connectivity index (χ1v) is 11.0. The number of anilines is 1. The number of hydrogen-bond donors (Lipinski definition) is 0. The fraction of sp³-hybridized carbons (Fsp3) is 0.0435. The van der Waals surface area contributed by atoms with Gasteiger partial charge in [0.25, 0.3) is 11.6 Å². The van der Waals surface area contributed by atoms with Crippen molar-refractivity contribution in [2.75, 3.05) is 4.90 Å². The van der Waals surface area contributed by atoms with E-state index in [0.717, 1.165) is 22.9 Å². The fourth-order valence-electron chi connectivity index (χ4n) is 3.06. The second-order valence-corrected chi connectivity index (χ2v) is 8.83. The van der Waals surface area contributed by atoms with Crippen LogP contribution in [0.4, 0.5) is 11.4 Å². The topological polar surface area (TPSA) is 72.7 Å². The molecule has 9 heteroatoms. The number of amides is 1. The lowest BCUT2D eigenvalue weighted by Gasteiger charge is -2.14. The maximum Gasteiger partial charge on any atom is 0.271 e. The molecule has 0 aromatic heterocycles. The lowest BCUT2D eigenvalue weighted by Crippen LogP contribution is -2.27. The molecule has 0 atom stereocenters. The first-order valence-electron chi connectivity index (χ1n) is 9.41. The summed E-state index contributed by atoms with van der Waals surface area (Å²) in [4.78, 5) is 25.2. The van der Waals surface area contributed by atoms with Gasteiger partial charge in [-0.25, -0.2) is 0 Å². The van der Waals surface area contributed by atoms with Gasteiger partial charge in [0.2, 0.25) is 0 Å². The van der Waals surface area contributed by atoms with Crippen LogP contribution in [0.15, 0.2) is 77.7 Å². The normalized spacial score (nSPS) is 14.8. The van der Waals surface area contributed by atoms with Gasteiger partial charge in [0.1, 0.15) is 12.4 Å². The summed E-state index contributed by atoms with van der Waals surface area (Å²) in [6.45, 7) is 0.317. The summed E-state index contributed by atoms with van der Waals surface area (Å²) in [5.41, 5.74) is 1.89. The zero-order valence-electron chi connectivity index (χ0n) is 16.4. The van der Waals surface area contributed by atoms with Crippen LogP contribution in [0, 0.1) is 10.1 Å². The number of nitro benzene ring substituents is 1. The van der Waals surface area contributed by atoms with E-state index in [1.165, 1.54) is 23.1 Å². The van der Waals surface area contributed by atoms with Crippen molar-refractivity contribution in [1.82, 2.24) is 0 Å². The Morgan fingerprint density at radius 3 is 2.66 bits per heavy atom. The Kier molecular flexibility index (Phi) is 6.55. The number of hydrogen-bond acceptors (Lipinski definition) is 6. The van der Waals surface area contributed by atoms with Crippen LogP contribution in [0.3, 0.4) is 0 Å². The minimum Gasteiger partial charge on any atom is -0.489 e. The third-order valence-electron chi connectivity index (χ3n) is 4.60. The lowest BCUT2D eigenvalue weighted by atomic mass is 10.2. The van der Waals surface area contributed by atoms with Crippen LogP contribution >= 0.6 is 35.6 Å². The van der Waals surface area contributed by atoms with Crippen LogP contribution in [0.5, 0.6) is 5.75 Å². The summed E-state index contributed by atoms with van der Waals surface area (Å²) < 4.78 is 6.16. The van der Waals surface area contributed by atoms with Crippen molar-refractivity contribution < 1.29 is 14.5 Å². The van der Waals surface area contributed by atoms with Crippen LogP contribution in [0.2, 0.25) is 5.02 Å². The lowest BCUT2D eigenvalue weighted by molar-refractivity contribution is -0.384. The van der Waals surface area contributed by atoms with Gasteiger partial charge in [-0.1, -0.05) is 72.0 Å².